The van der Waals surface area contributed by atoms with Gasteiger partial charge in [-0.05, 0) is 50.9 Å². The van der Waals surface area contributed by atoms with Gasteiger partial charge in [0.15, 0.2) is 6.10 Å². The van der Waals surface area contributed by atoms with Gasteiger partial charge >= 0.3 is 19.8 Å². The van der Waals surface area contributed by atoms with E-state index in [1.165, 1.54) is 51.4 Å². The van der Waals surface area contributed by atoms with Crippen LogP contribution in [0.5, 0.6) is 0 Å². The van der Waals surface area contributed by atoms with Crippen LogP contribution in [0.4, 0.5) is 0 Å². The first-order chi connectivity index (χ1) is 27.5. The van der Waals surface area contributed by atoms with Crippen molar-refractivity contribution in [3.05, 3.63) is 72.9 Å². The lowest BCUT2D eigenvalue weighted by Gasteiger charge is -2.20. The Kier molecular flexibility index (Phi) is 37.1. The van der Waals surface area contributed by atoms with Gasteiger partial charge in [-0.15, -0.1) is 0 Å². The zero-order valence-corrected chi connectivity index (χ0v) is 36.2. The Morgan fingerprint density at radius 1 is 0.667 bits per heavy atom. The summed E-state index contributed by atoms with van der Waals surface area (Å²) in [6.07, 6.45) is 39.0. The molecule has 0 aliphatic heterocycles. The normalized spacial score (nSPS) is 15.7. The molecule has 4 N–H and O–H groups in total. The predicted octanol–water partition coefficient (Wildman–Crippen LogP) is 10.1. The Hall–Kier alpha value is -2.63. The van der Waals surface area contributed by atoms with Gasteiger partial charge in [-0.3, -0.25) is 18.6 Å². The average molecular weight is 825 g/mol. The number of unbranched alkanes of at least 4 members (excludes halogenated alkanes) is 9. The van der Waals surface area contributed by atoms with E-state index in [0.29, 0.717) is 19.3 Å². The lowest BCUT2D eigenvalue weighted by molar-refractivity contribution is -0.161. The Morgan fingerprint density at radius 2 is 1.25 bits per heavy atom. The Bertz CT molecular complexity index is 1210. The van der Waals surface area contributed by atoms with E-state index in [2.05, 4.69) is 61.8 Å². The van der Waals surface area contributed by atoms with Gasteiger partial charge in [0.1, 0.15) is 12.7 Å². The van der Waals surface area contributed by atoms with Crippen molar-refractivity contribution in [2.75, 3.05) is 26.4 Å². The van der Waals surface area contributed by atoms with Gasteiger partial charge in [0.05, 0.1) is 25.9 Å². The molecule has 0 saturated heterocycles. The lowest BCUT2D eigenvalue weighted by Crippen LogP contribution is -2.29. The van der Waals surface area contributed by atoms with Crippen molar-refractivity contribution in [1.82, 2.24) is 0 Å². The maximum absolute atomic E-state index is 12.6. The third kappa shape index (κ3) is 38.6. The molecule has 0 heterocycles. The fourth-order valence-corrected chi connectivity index (χ4v) is 6.10. The molecule has 0 spiro atoms. The summed E-state index contributed by atoms with van der Waals surface area (Å²) in [5.74, 6) is -0.283. The summed E-state index contributed by atoms with van der Waals surface area (Å²) in [6, 6.07) is 0. The number of carbonyl (C=O) groups is 2. The molecule has 0 amide bonds. The molecule has 0 radical (unpaired) electrons. The number of hydrogen-bond acceptors (Lipinski definition) is 10. The van der Waals surface area contributed by atoms with Gasteiger partial charge in [0.25, 0.3) is 0 Å². The van der Waals surface area contributed by atoms with E-state index in [-0.39, 0.29) is 19.4 Å². The van der Waals surface area contributed by atoms with Crippen molar-refractivity contribution in [2.45, 2.75) is 167 Å². The molecule has 11 nitrogen and oxygen atoms in total. The quantitative estimate of drug-likeness (QED) is 0.0154. The van der Waals surface area contributed by atoms with Gasteiger partial charge < -0.3 is 29.7 Å². The van der Waals surface area contributed by atoms with Gasteiger partial charge in [-0.2, -0.15) is 0 Å². The molecule has 0 aromatic heterocycles. The first-order valence-electron chi connectivity index (χ1n) is 21.4. The summed E-state index contributed by atoms with van der Waals surface area (Å²) < 4.78 is 32.5. The standard InChI is InChI=1S/C45H77O11P/c1-4-6-7-8-9-10-11-12-13-17-20-23-27-32-41(47)33-28-25-30-35-45(50)56-43(39-55-57(51,52)54-37-42(48)36-46)38-53-44(49)34-29-24-21-18-15-14-16-19-22-26-31-40(3)5-2/h6-7,9-10,12-13,20,23,25,27-28,32,40-43,46-48H,4-5,8,11,14-19,21-22,24,26,29-31,33-39H2,1-3H3,(H,51,52)/b7-6-,10-9-,13-12-,23-20-,28-25-,32-27-/t40?,41?,42-,43+/m0/s1. The minimum Gasteiger partial charge on any atom is -0.462 e. The Morgan fingerprint density at radius 3 is 1.86 bits per heavy atom. The summed E-state index contributed by atoms with van der Waals surface area (Å²) in [5.41, 5.74) is 0. The molecule has 0 fully saturated rings. The van der Waals surface area contributed by atoms with Crippen molar-refractivity contribution >= 4 is 19.8 Å². The highest BCUT2D eigenvalue weighted by Crippen LogP contribution is 2.43. The van der Waals surface area contributed by atoms with Crippen molar-refractivity contribution in [3.63, 3.8) is 0 Å². The van der Waals surface area contributed by atoms with E-state index in [1.807, 2.05) is 12.2 Å². The van der Waals surface area contributed by atoms with Gasteiger partial charge in [0.2, 0.25) is 0 Å². The average Bonchev–Trinajstić information content (AvgIpc) is 3.19. The summed E-state index contributed by atoms with van der Waals surface area (Å²) in [7, 11) is -4.67. The van der Waals surface area contributed by atoms with Crippen LogP contribution in [0.2, 0.25) is 0 Å². The fourth-order valence-electron chi connectivity index (χ4n) is 5.31. The number of esters is 2. The highest BCUT2D eigenvalue weighted by atomic mass is 31.2. The van der Waals surface area contributed by atoms with Crippen LogP contribution < -0.4 is 0 Å². The number of aliphatic hydroxyl groups excluding tert-OH is 3. The molecule has 0 aliphatic rings. The van der Waals surface area contributed by atoms with E-state index < -0.39 is 57.9 Å². The maximum atomic E-state index is 12.6. The summed E-state index contributed by atoms with van der Waals surface area (Å²) >= 11 is 0. The zero-order chi connectivity index (χ0) is 42.2. The summed E-state index contributed by atoms with van der Waals surface area (Å²) in [4.78, 5) is 35.0. The molecule has 57 heavy (non-hydrogen) atoms. The minimum atomic E-state index is -4.67. The van der Waals surface area contributed by atoms with Crippen molar-refractivity contribution < 1.29 is 52.9 Å². The Labute approximate surface area is 344 Å². The number of phosphoric acid groups is 1. The van der Waals surface area contributed by atoms with Crippen molar-refractivity contribution in [3.8, 4) is 0 Å². The number of rotatable bonds is 38. The topological polar surface area (TPSA) is 169 Å². The molecular formula is C45H77O11P. The minimum absolute atomic E-state index is 0.0248. The van der Waals surface area contributed by atoms with Gasteiger partial charge in [-0.25, -0.2) is 4.57 Å². The molecule has 0 saturated carbocycles. The number of allylic oxidation sites excluding steroid dienone is 10. The van der Waals surface area contributed by atoms with Crippen LogP contribution in [-0.4, -0.2) is 76.9 Å². The van der Waals surface area contributed by atoms with Crippen LogP contribution in [0.1, 0.15) is 149 Å². The predicted molar refractivity (Wildman–Crippen MR) is 229 cm³/mol. The largest absolute Gasteiger partial charge is 0.472 e. The van der Waals surface area contributed by atoms with Crippen LogP contribution in [0.15, 0.2) is 72.9 Å². The molecule has 0 aliphatic carbocycles. The molecule has 328 valence electrons. The third-order valence-corrected chi connectivity index (χ3v) is 9.96. The highest BCUT2D eigenvalue weighted by molar-refractivity contribution is 7.47. The second-order valence-corrected chi connectivity index (χ2v) is 15.9. The van der Waals surface area contributed by atoms with Crippen LogP contribution in [0.3, 0.4) is 0 Å². The zero-order valence-electron chi connectivity index (χ0n) is 35.3. The number of phosphoric ester groups is 1. The van der Waals surface area contributed by atoms with E-state index in [0.717, 1.165) is 50.9 Å². The van der Waals surface area contributed by atoms with Gasteiger partial charge in [-0.1, -0.05) is 164 Å². The molecular weight excluding hydrogens is 747 g/mol. The molecule has 0 bridgehead atoms. The van der Waals surface area contributed by atoms with E-state index in [4.69, 9.17) is 19.1 Å². The van der Waals surface area contributed by atoms with Crippen molar-refractivity contribution in [2.24, 2.45) is 5.92 Å². The fraction of sp³-hybridized carbons (Fsp3) is 0.689. The van der Waals surface area contributed by atoms with Crippen LogP contribution in [0, 0.1) is 5.92 Å². The molecule has 0 rings (SSSR count). The number of carbonyl (C=O) groups excluding carboxylic acids is 2. The number of ether oxygens (including phenoxy) is 2. The molecule has 5 atom stereocenters. The van der Waals surface area contributed by atoms with E-state index >= 15 is 0 Å². The maximum Gasteiger partial charge on any atom is 0.472 e. The lowest BCUT2D eigenvalue weighted by atomic mass is 9.99. The van der Waals surface area contributed by atoms with Crippen LogP contribution in [0.25, 0.3) is 0 Å². The molecule has 0 aromatic rings. The molecule has 0 aromatic carbocycles. The molecule has 12 heteroatoms. The number of aliphatic hydroxyl groups is 3. The van der Waals surface area contributed by atoms with Crippen LogP contribution >= 0.6 is 7.82 Å². The second kappa shape index (κ2) is 38.9. The first-order valence-corrected chi connectivity index (χ1v) is 22.9. The number of hydrogen-bond donors (Lipinski definition) is 4. The van der Waals surface area contributed by atoms with E-state index in [9.17, 15) is 29.3 Å². The highest BCUT2D eigenvalue weighted by Gasteiger charge is 2.27. The summed E-state index contributed by atoms with van der Waals surface area (Å²) in [6.45, 7) is 4.38. The first kappa shape index (κ1) is 54.4. The Balaban J connectivity index is 4.56. The SMILES string of the molecule is CC/C=C\C/C=C\C/C=C\C/C=C\C=C/C(O)C/C=C\CCC(=O)O[C@H](COC(=O)CCCCCCCCCCCCC(C)CC)COP(=O)(O)OC[C@@H](O)CO. The van der Waals surface area contributed by atoms with Crippen molar-refractivity contribution in [1.29, 1.82) is 0 Å². The smallest absolute Gasteiger partial charge is 0.462 e. The third-order valence-electron chi connectivity index (χ3n) is 9.01. The van der Waals surface area contributed by atoms with E-state index in [1.54, 1.807) is 24.3 Å². The molecule has 3 unspecified atom stereocenters. The van der Waals surface area contributed by atoms with Gasteiger partial charge in [0, 0.05) is 12.8 Å². The van der Waals surface area contributed by atoms with Crippen LogP contribution in [-0.2, 0) is 32.7 Å². The summed E-state index contributed by atoms with van der Waals surface area (Å²) in [5, 5.41) is 28.5. The second-order valence-electron chi connectivity index (χ2n) is 14.4. The monoisotopic (exact) mass is 825 g/mol.